The Morgan fingerprint density at radius 3 is 2.44 bits per heavy atom. The second-order valence-electron chi connectivity index (χ2n) is 4.21. The van der Waals surface area contributed by atoms with E-state index in [0.29, 0.717) is 0 Å². The summed E-state index contributed by atoms with van der Waals surface area (Å²) in [5.74, 6) is -1.11. The van der Waals surface area contributed by atoms with E-state index in [-0.39, 0.29) is 16.1 Å². The van der Waals surface area contributed by atoms with Gasteiger partial charge in [-0.3, -0.25) is 0 Å². The smallest absolute Gasteiger partial charge is 0.131 e. The van der Waals surface area contributed by atoms with Crippen molar-refractivity contribution < 1.29 is 13.9 Å². The molecule has 0 aliphatic rings. The van der Waals surface area contributed by atoms with Gasteiger partial charge in [-0.15, -0.1) is 0 Å². The zero-order valence-electron chi connectivity index (χ0n) is 9.62. The number of aliphatic hydroxyl groups is 1. The minimum atomic E-state index is -1.61. The molecular formula is C14H11ClF2O. The van der Waals surface area contributed by atoms with Gasteiger partial charge in [0.1, 0.15) is 17.2 Å². The molecule has 2 rings (SSSR count). The summed E-state index contributed by atoms with van der Waals surface area (Å²) >= 11 is 5.66. The fraction of sp³-hybridized carbons (Fsp3) is 0.143. The Labute approximate surface area is 109 Å². The van der Waals surface area contributed by atoms with Gasteiger partial charge in [-0.1, -0.05) is 29.8 Å². The Bertz CT molecular complexity index is 582. The van der Waals surface area contributed by atoms with Gasteiger partial charge in [0, 0.05) is 10.6 Å². The van der Waals surface area contributed by atoms with Crippen LogP contribution in [0.1, 0.15) is 18.1 Å². The molecule has 0 saturated carbocycles. The van der Waals surface area contributed by atoms with Gasteiger partial charge >= 0.3 is 0 Å². The highest BCUT2D eigenvalue weighted by Crippen LogP contribution is 2.32. The van der Waals surface area contributed by atoms with Gasteiger partial charge in [0.15, 0.2) is 0 Å². The molecule has 18 heavy (non-hydrogen) atoms. The molecule has 2 aromatic carbocycles. The molecule has 2 aromatic rings. The summed E-state index contributed by atoms with van der Waals surface area (Å²) in [6.07, 6.45) is 0. The van der Waals surface area contributed by atoms with Crippen LogP contribution >= 0.6 is 11.6 Å². The monoisotopic (exact) mass is 268 g/mol. The molecule has 0 aliphatic carbocycles. The first-order chi connectivity index (χ1) is 8.41. The van der Waals surface area contributed by atoms with Gasteiger partial charge in [-0.2, -0.15) is 0 Å². The molecule has 1 nitrogen and oxygen atoms in total. The lowest BCUT2D eigenvalue weighted by atomic mass is 9.88. The number of hydrogen-bond acceptors (Lipinski definition) is 1. The quantitative estimate of drug-likeness (QED) is 0.876. The minimum Gasteiger partial charge on any atom is -0.381 e. The third-order valence-corrected chi connectivity index (χ3v) is 3.08. The molecule has 0 fully saturated rings. The van der Waals surface area contributed by atoms with Crippen molar-refractivity contribution >= 4 is 11.6 Å². The van der Waals surface area contributed by atoms with E-state index in [0.717, 1.165) is 6.07 Å². The van der Waals surface area contributed by atoms with Gasteiger partial charge in [-0.25, -0.2) is 8.78 Å². The Morgan fingerprint density at radius 2 is 1.83 bits per heavy atom. The first kappa shape index (κ1) is 13.0. The second-order valence-corrected chi connectivity index (χ2v) is 4.64. The molecule has 0 amide bonds. The molecule has 0 spiro atoms. The van der Waals surface area contributed by atoms with Gasteiger partial charge in [-0.05, 0) is 36.8 Å². The maximum atomic E-state index is 13.8. The topological polar surface area (TPSA) is 20.2 Å². The van der Waals surface area contributed by atoms with Crippen molar-refractivity contribution in [2.75, 3.05) is 0 Å². The molecule has 0 heterocycles. The van der Waals surface area contributed by atoms with Crippen LogP contribution in [-0.2, 0) is 5.60 Å². The molecule has 1 atom stereocenters. The standard InChI is InChI=1S/C14H11ClF2O/c1-14(18,9-3-2-4-11(16)7-9)12-6-5-10(15)8-13(12)17/h2-8,18H,1H3. The Hall–Kier alpha value is -1.45. The third kappa shape index (κ3) is 2.37. The van der Waals surface area contributed by atoms with Crippen LogP contribution in [0.3, 0.4) is 0 Å². The van der Waals surface area contributed by atoms with E-state index < -0.39 is 17.2 Å². The van der Waals surface area contributed by atoms with Crippen molar-refractivity contribution in [1.82, 2.24) is 0 Å². The molecular weight excluding hydrogens is 258 g/mol. The fourth-order valence-corrected chi connectivity index (χ4v) is 1.99. The van der Waals surface area contributed by atoms with Crippen LogP contribution in [0.5, 0.6) is 0 Å². The number of benzene rings is 2. The summed E-state index contributed by atoms with van der Waals surface area (Å²) in [6, 6.07) is 9.43. The maximum Gasteiger partial charge on any atom is 0.131 e. The van der Waals surface area contributed by atoms with E-state index in [1.807, 2.05) is 0 Å². The minimum absolute atomic E-state index is 0.0532. The molecule has 0 bridgehead atoms. The van der Waals surface area contributed by atoms with E-state index >= 15 is 0 Å². The summed E-state index contributed by atoms with van der Waals surface area (Å²) < 4.78 is 26.9. The number of hydrogen-bond donors (Lipinski definition) is 1. The Balaban J connectivity index is 2.53. The van der Waals surface area contributed by atoms with Gasteiger partial charge in [0.2, 0.25) is 0 Å². The van der Waals surface area contributed by atoms with Crippen LogP contribution < -0.4 is 0 Å². The molecule has 94 valence electrons. The molecule has 0 radical (unpaired) electrons. The van der Waals surface area contributed by atoms with Crippen molar-refractivity contribution in [3.05, 3.63) is 70.2 Å². The van der Waals surface area contributed by atoms with Crippen molar-refractivity contribution in [2.24, 2.45) is 0 Å². The van der Waals surface area contributed by atoms with Crippen LogP contribution in [0.25, 0.3) is 0 Å². The Morgan fingerprint density at radius 1 is 1.11 bits per heavy atom. The zero-order valence-corrected chi connectivity index (χ0v) is 10.4. The zero-order chi connectivity index (χ0) is 13.3. The number of rotatable bonds is 2. The van der Waals surface area contributed by atoms with E-state index in [1.54, 1.807) is 0 Å². The lowest BCUT2D eigenvalue weighted by molar-refractivity contribution is 0.0976. The summed E-state index contributed by atoms with van der Waals surface area (Å²) in [7, 11) is 0. The third-order valence-electron chi connectivity index (χ3n) is 2.84. The van der Waals surface area contributed by atoms with E-state index in [9.17, 15) is 13.9 Å². The normalized spacial score (nSPS) is 14.3. The highest BCUT2D eigenvalue weighted by atomic mass is 35.5. The van der Waals surface area contributed by atoms with Crippen molar-refractivity contribution in [1.29, 1.82) is 0 Å². The van der Waals surface area contributed by atoms with E-state index in [2.05, 4.69) is 0 Å². The second kappa shape index (κ2) is 4.67. The van der Waals surface area contributed by atoms with E-state index in [1.165, 1.54) is 43.3 Å². The Kier molecular flexibility index (Phi) is 3.37. The van der Waals surface area contributed by atoms with Gasteiger partial charge < -0.3 is 5.11 Å². The van der Waals surface area contributed by atoms with Crippen LogP contribution in [0.15, 0.2) is 42.5 Å². The predicted octanol–water partition coefficient (Wildman–Crippen LogP) is 3.87. The van der Waals surface area contributed by atoms with Crippen LogP contribution in [-0.4, -0.2) is 5.11 Å². The first-order valence-electron chi connectivity index (χ1n) is 5.35. The van der Waals surface area contributed by atoms with Crippen LogP contribution in [0.2, 0.25) is 5.02 Å². The molecule has 1 unspecified atom stereocenters. The fourth-order valence-electron chi connectivity index (χ4n) is 1.83. The molecule has 0 aromatic heterocycles. The predicted molar refractivity (Wildman–Crippen MR) is 66.5 cm³/mol. The average Bonchev–Trinajstić information content (AvgIpc) is 2.28. The number of halogens is 3. The van der Waals surface area contributed by atoms with Gasteiger partial charge in [0.25, 0.3) is 0 Å². The summed E-state index contributed by atoms with van der Waals surface area (Å²) in [4.78, 5) is 0. The highest BCUT2D eigenvalue weighted by molar-refractivity contribution is 6.30. The molecule has 1 N–H and O–H groups in total. The lowest BCUT2D eigenvalue weighted by Gasteiger charge is -2.25. The van der Waals surface area contributed by atoms with Crippen molar-refractivity contribution in [3.63, 3.8) is 0 Å². The van der Waals surface area contributed by atoms with Crippen LogP contribution in [0.4, 0.5) is 8.78 Å². The van der Waals surface area contributed by atoms with Crippen molar-refractivity contribution in [3.8, 4) is 0 Å². The SMILES string of the molecule is CC(O)(c1cccc(F)c1)c1ccc(Cl)cc1F. The highest BCUT2D eigenvalue weighted by Gasteiger charge is 2.29. The maximum absolute atomic E-state index is 13.8. The lowest BCUT2D eigenvalue weighted by Crippen LogP contribution is -2.24. The van der Waals surface area contributed by atoms with Crippen molar-refractivity contribution in [2.45, 2.75) is 12.5 Å². The average molecular weight is 269 g/mol. The van der Waals surface area contributed by atoms with Gasteiger partial charge in [0.05, 0.1) is 0 Å². The largest absolute Gasteiger partial charge is 0.381 e. The van der Waals surface area contributed by atoms with E-state index in [4.69, 9.17) is 11.6 Å². The summed E-state index contributed by atoms with van der Waals surface area (Å²) in [5, 5.41) is 10.6. The molecule has 0 aliphatic heterocycles. The first-order valence-corrected chi connectivity index (χ1v) is 5.73. The molecule has 0 saturated heterocycles. The summed E-state index contributed by atoms with van der Waals surface area (Å²) in [5.41, 5.74) is -1.28. The summed E-state index contributed by atoms with van der Waals surface area (Å²) in [6.45, 7) is 1.41. The van der Waals surface area contributed by atoms with Crippen LogP contribution in [0, 0.1) is 11.6 Å². The molecule has 4 heteroatoms.